The van der Waals surface area contributed by atoms with Gasteiger partial charge in [-0.25, -0.2) is 0 Å². The summed E-state index contributed by atoms with van der Waals surface area (Å²) in [6.45, 7) is 17.5. The van der Waals surface area contributed by atoms with Gasteiger partial charge in [-0.05, 0) is 258 Å². The van der Waals surface area contributed by atoms with E-state index in [-0.39, 0.29) is 16.2 Å². The van der Waals surface area contributed by atoms with Crippen molar-refractivity contribution in [3.8, 4) is 117 Å². The number of unbranched alkanes of at least 4 members (excludes halogenated alkanes) is 1. The van der Waals surface area contributed by atoms with Crippen LogP contribution in [0.4, 0.5) is 0 Å². The first-order chi connectivity index (χ1) is 50.8. The van der Waals surface area contributed by atoms with Crippen LogP contribution in [-0.2, 0) is 16.2 Å². The maximum atomic E-state index is 5.99. The zero-order chi connectivity index (χ0) is 69.9. The lowest BCUT2D eigenvalue weighted by Crippen LogP contribution is -2.15. The van der Waals surface area contributed by atoms with Crippen LogP contribution in [0.3, 0.4) is 0 Å². The quantitative estimate of drug-likeness (QED) is 0.0926. The van der Waals surface area contributed by atoms with E-state index in [4.69, 9.17) is 4.74 Å². The van der Waals surface area contributed by atoms with E-state index in [0.717, 1.165) is 25.2 Å². The van der Waals surface area contributed by atoms with Gasteiger partial charge in [0.15, 0.2) is 0 Å². The molecule has 0 N–H and O–H groups in total. The van der Waals surface area contributed by atoms with Crippen molar-refractivity contribution < 1.29 is 4.74 Å². The number of ether oxygens (including phenoxy) is 1. The Morgan fingerprint density at radius 1 is 0.212 bits per heavy atom. The molecule has 496 valence electrons. The van der Waals surface area contributed by atoms with Gasteiger partial charge in [0.2, 0.25) is 0 Å². The molecule has 0 bridgehead atoms. The predicted octanol–water partition coefficient (Wildman–Crippen LogP) is 28.4. The maximum Gasteiger partial charge on any atom is 0.119 e. The van der Waals surface area contributed by atoms with Crippen molar-refractivity contribution >= 4 is 64.6 Å². The van der Waals surface area contributed by atoms with Crippen LogP contribution in [-0.4, -0.2) is 6.61 Å². The number of hydrogen-bond acceptors (Lipinski definition) is 1. The van der Waals surface area contributed by atoms with Gasteiger partial charge in [-0.3, -0.25) is 0 Å². The van der Waals surface area contributed by atoms with E-state index < -0.39 is 0 Å². The minimum atomic E-state index is -0.267. The molecule has 1 heteroatoms. The molecule has 20 rings (SSSR count). The van der Waals surface area contributed by atoms with Gasteiger partial charge < -0.3 is 4.74 Å². The van der Waals surface area contributed by atoms with Crippen molar-refractivity contribution in [3.63, 3.8) is 0 Å². The zero-order valence-electron chi connectivity index (χ0n) is 60.0. The molecule has 0 heterocycles. The van der Waals surface area contributed by atoms with Crippen molar-refractivity contribution in [2.24, 2.45) is 0 Å². The monoisotopic (exact) mass is 1330 g/mol. The number of fused-ring (bicyclic) bond motifs is 15. The summed E-state index contributed by atoms with van der Waals surface area (Å²) in [6, 6.07) is 118. The molecule has 1 nitrogen and oxygen atoms in total. The van der Waals surface area contributed by atoms with Crippen LogP contribution in [0, 0.1) is 0 Å². The minimum absolute atomic E-state index is 0.111. The molecule has 0 amide bonds. The fourth-order valence-electron chi connectivity index (χ4n) is 19.1. The Kier molecular flexibility index (Phi) is 13.9. The fraction of sp³-hybridized carbons (Fsp3) is 0.126. The van der Waals surface area contributed by atoms with Gasteiger partial charge in [-0.2, -0.15) is 0 Å². The van der Waals surface area contributed by atoms with E-state index in [9.17, 15) is 0 Å². The molecule has 0 radical (unpaired) electrons. The van der Waals surface area contributed by atoms with Crippen LogP contribution in [0.15, 0.2) is 309 Å². The normalized spacial score (nSPS) is 14.1. The summed E-state index contributed by atoms with van der Waals surface area (Å²) in [4.78, 5) is 0. The Morgan fingerprint density at radius 3 is 0.769 bits per heavy atom. The molecule has 0 unspecified atom stereocenters. The van der Waals surface area contributed by atoms with Crippen molar-refractivity contribution in [3.05, 3.63) is 343 Å². The highest BCUT2D eigenvalue weighted by Gasteiger charge is 2.40. The molecular weight excluding hydrogens is 1250 g/mol. The molecule has 3 aliphatic rings. The summed E-state index contributed by atoms with van der Waals surface area (Å²) in [5.41, 5.74) is 33.1. The molecule has 0 aliphatic heterocycles. The Balaban J connectivity index is 0.637. The first kappa shape index (κ1) is 61.9. The Bertz CT molecular complexity index is 6320. The summed E-state index contributed by atoms with van der Waals surface area (Å²) in [5, 5.41) is 15.1. The van der Waals surface area contributed by atoms with Gasteiger partial charge >= 0.3 is 0 Å². The Morgan fingerprint density at radius 2 is 0.442 bits per heavy atom. The predicted molar refractivity (Wildman–Crippen MR) is 443 cm³/mol. The second-order valence-corrected chi connectivity index (χ2v) is 31.0. The first-order valence-electron chi connectivity index (χ1n) is 37.3. The van der Waals surface area contributed by atoms with Crippen LogP contribution in [0.2, 0.25) is 0 Å². The highest BCUT2D eigenvalue weighted by molar-refractivity contribution is 6.30. The van der Waals surface area contributed by atoms with Gasteiger partial charge in [0.25, 0.3) is 0 Å². The fourth-order valence-corrected chi connectivity index (χ4v) is 19.1. The molecule has 0 saturated heterocycles. The highest BCUT2D eigenvalue weighted by Crippen LogP contribution is 2.58. The van der Waals surface area contributed by atoms with Crippen molar-refractivity contribution in [2.45, 2.75) is 77.6 Å². The summed E-state index contributed by atoms with van der Waals surface area (Å²) in [6.07, 6.45) is 2.18. The van der Waals surface area contributed by atoms with E-state index in [1.807, 2.05) is 0 Å². The summed E-state index contributed by atoms with van der Waals surface area (Å²) < 4.78 is 5.99. The average Bonchev–Trinajstić information content (AvgIpc) is 0.732. The van der Waals surface area contributed by atoms with Crippen LogP contribution in [0.5, 0.6) is 5.75 Å². The standard InChI is InChI=1S/C103H78O/c1-8-9-56-104-70-49-42-63(43-50-70)62-38-40-64(41-39-62)95-77-25-10-12-27-79(77)96(80-28-13-11-26-78(80)95)68-47-54-75-73-51-44-65(57-90(73)102(4,5)93(75)60-68)66-45-52-74-76-55-48-69(61-94(76)103(6,7)91(74)58-66)98-83-31-16-20-35-87(83)100(88-36-21-17-32-84(88)98)99-85-33-18-14-29-81(85)97(82-30-15-19-34-86(82)99)67-46-53-72-71-24-22-23-37-89(71)101(2,3)92(72)59-67/h10-55,57-61H,8-9,56H2,1-7H3. The van der Waals surface area contributed by atoms with Crippen LogP contribution >= 0.6 is 0 Å². The molecule has 17 aromatic carbocycles. The van der Waals surface area contributed by atoms with Gasteiger partial charge in [0, 0.05) is 16.2 Å². The van der Waals surface area contributed by atoms with E-state index in [1.54, 1.807) is 0 Å². The Hall–Kier alpha value is -11.9. The first-order valence-corrected chi connectivity index (χ1v) is 37.3. The number of hydrogen-bond donors (Lipinski definition) is 0. The SMILES string of the molecule is CCCCOc1ccc(-c2ccc(-c3c4ccccc4c(-c4ccc5c(c4)C(C)(C)c4cc(-c6ccc7c(c6)C(C)(C)c6cc(-c8c9ccccc9c(-c9c%10ccccc%10c(-c%10ccc%11c(c%10)C(C)(C)c%10ccccc%10-%11)c%10ccccc9%10)c9ccccc89)ccc6-7)ccc4-5)c4ccccc34)cc2)cc1. The maximum absolute atomic E-state index is 5.99. The topological polar surface area (TPSA) is 9.23 Å². The number of rotatable bonds is 11. The van der Waals surface area contributed by atoms with Crippen molar-refractivity contribution in [2.75, 3.05) is 6.61 Å². The summed E-state index contributed by atoms with van der Waals surface area (Å²) in [7, 11) is 0. The van der Waals surface area contributed by atoms with Crippen LogP contribution in [0.1, 0.15) is 94.7 Å². The molecule has 104 heavy (non-hydrogen) atoms. The number of benzene rings is 17. The van der Waals surface area contributed by atoms with E-state index in [1.165, 1.54) is 209 Å². The van der Waals surface area contributed by atoms with E-state index >= 15 is 0 Å². The van der Waals surface area contributed by atoms with Gasteiger partial charge in [-0.1, -0.05) is 322 Å². The summed E-state index contributed by atoms with van der Waals surface area (Å²) in [5.74, 6) is 0.923. The second-order valence-electron chi connectivity index (χ2n) is 31.0. The minimum Gasteiger partial charge on any atom is -0.494 e. The van der Waals surface area contributed by atoms with E-state index in [2.05, 4.69) is 358 Å². The molecule has 0 fully saturated rings. The molecule has 0 aromatic heterocycles. The smallest absolute Gasteiger partial charge is 0.119 e. The lowest BCUT2D eigenvalue weighted by molar-refractivity contribution is 0.309. The molecule has 0 spiro atoms. The molecule has 0 atom stereocenters. The van der Waals surface area contributed by atoms with Gasteiger partial charge in [-0.15, -0.1) is 0 Å². The third-order valence-corrected chi connectivity index (χ3v) is 24.3. The molecular formula is C103H78O. The summed E-state index contributed by atoms with van der Waals surface area (Å²) >= 11 is 0. The Labute approximate surface area is 609 Å². The van der Waals surface area contributed by atoms with Gasteiger partial charge in [0.05, 0.1) is 6.61 Å². The average molecular weight is 1330 g/mol. The zero-order valence-corrected chi connectivity index (χ0v) is 60.0. The highest BCUT2D eigenvalue weighted by atomic mass is 16.5. The molecule has 17 aromatic rings. The third-order valence-electron chi connectivity index (χ3n) is 24.3. The lowest BCUT2D eigenvalue weighted by Gasteiger charge is -2.25. The van der Waals surface area contributed by atoms with Gasteiger partial charge in [0.1, 0.15) is 5.75 Å². The lowest BCUT2D eigenvalue weighted by atomic mass is 9.78. The van der Waals surface area contributed by atoms with Crippen LogP contribution < -0.4 is 4.74 Å². The third kappa shape index (κ3) is 9.18. The van der Waals surface area contributed by atoms with Crippen LogP contribution in [0.25, 0.3) is 176 Å². The van der Waals surface area contributed by atoms with Crippen molar-refractivity contribution in [1.82, 2.24) is 0 Å². The largest absolute Gasteiger partial charge is 0.494 e. The molecule has 0 saturated carbocycles. The van der Waals surface area contributed by atoms with Crippen molar-refractivity contribution in [1.29, 1.82) is 0 Å². The molecule has 3 aliphatic carbocycles. The van der Waals surface area contributed by atoms with E-state index in [0.29, 0.717) is 0 Å². The second kappa shape index (κ2) is 23.3.